The molecular weight excluding hydrogens is 332 g/mol. The molecule has 0 radical (unpaired) electrons. The van der Waals surface area contributed by atoms with Crippen molar-refractivity contribution in [2.75, 3.05) is 6.54 Å². The number of hydrogen-bond donors (Lipinski definition) is 2. The first-order valence-corrected chi connectivity index (χ1v) is 9.00. The number of carbonyl (C=O) groups excluding carboxylic acids is 3. The zero-order chi connectivity index (χ0) is 18.9. The molecule has 1 saturated heterocycles. The first-order valence-electron chi connectivity index (χ1n) is 9.00. The van der Waals surface area contributed by atoms with E-state index >= 15 is 0 Å². The van der Waals surface area contributed by atoms with Gasteiger partial charge in [0.1, 0.15) is 12.1 Å². The van der Waals surface area contributed by atoms with Gasteiger partial charge in [-0.15, -0.1) is 0 Å². The van der Waals surface area contributed by atoms with Crippen LogP contribution in [0.1, 0.15) is 45.6 Å². The van der Waals surface area contributed by atoms with Gasteiger partial charge in [-0.2, -0.15) is 0 Å². The maximum Gasteiger partial charge on any atom is 0.325 e. The summed E-state index contributed by atoms with van der Waals surface area (Å²) in [6, 6.07) is 3.13. The summed E-state index contributed by atoms with van der Waals surface area (Å²) in [7, 11) is 0. The predicted octanol–water partition coefficient (Wildman–Crippen LogP) is 1.83. The van der Waals surface area contributed by atoms with Crippen LogP contribution in [0.25, 0.3) is 0 Å². The van der Waals surface area contributed by atoms with Crippen molar-refractivity contribution in [3.63, 3.8) is 0 Å². The Morgan fingerprint density at radius 2 is 2.00 bits per heavy atom. The molecule has 0 unspecified atom stereocenters. The van der Waals surface area contributed by atoms with Gasteiger partial charge in [-0.05, 0) is 48.3 Å². The largest absolute Gasteiger partial charge is 0.350 e. The van der Waals surface area contributed by atoms with Crippen LogP contribution in [0.3, 0.4) is 0 Å². The van der Waals surface area contributed by atoms with Crippen molar-refractivity contribution < 1.29 is 14.4 Å². The summed E-state index contributed by atoms with van der Waals surface area (Å²) in [5, 5.41) is 5.63. The van der Waals surface area contributed by atoms with Crippen LogP contribution in [0.4, 0.5) is 4.79 Å². The van der Waals surface area contributed by atoms with E-state index in [0.717, 1.165) is 16.9 Å². The molecule has 2 atom stereocenters. The van der Waals surface area contributed by atoms with E-state index in [9.17, 15) is 14.4 Å². The number of hydrogen-bond acceptors (Lipinski definition) is 4. The number of rotatable bonds is 4. The molecule has 1 spiro atoms. The first-order chi connectivity index (χ1) is 12.2. The minimum absolute atomic E-state index is 0.0276. The highest BCUT2D eigenvalue weighted by atomic mass is 16.2. The van der Waals surface area contributed by atoms with Crippen LogP contribution in [-0.2, 0) is 16.1 Å². The van der Waals surface area contributed by atoms with E-state index in [4.69, 9.17) is 0 Å². The van der Waals surface area contributed by atoms with Gasteiger partial charge >= 0.3 is 6.03 Å². The molecule has 140 valence electrons. The third-order valence-electron chi connectivity index (χ3n) is 5.16. The van der Waals surface area contributed by atoms with Crippen LogP contribution in [0.5, 0.6) is 0 Å². The molecule has 1 aromatic heterocycles. The van der Waals surface area contributed by atoms with E-state index in [1.165, 1.54) is 0 Å². The fourth-order valence-corrected chi connectivity index (χ4v) is 4.55. The van der Waals surface area contributed by atoms with E-state index in [-0.39, 0.29) is 23.8 Å². The van der Waals surface area contributed by atoms with Crippen molar-refractivity contribution >= 4 is 17.8 Å². The normalized spacial score (nSPS) is 27.5. The van der Waals surface area contributed by atoms with Crippen LogP contribution >= 0.6 is 0 Å². The number of urea groups is 1. The molecule has 2 fully saturated rings. The lowest BCUT2D eigenvalue weighted by Crippen LogP contribution is -2.54. The molecule has 0 aromatic carbocycles. The van der Waals surface area contributed by atoms with Crippen LogP contribution in [-0.4, -0.2) is 39.8 Å². The van der Waals surface area contributed by atoms with Crippen LogP contribution < -0.4 is 10.6 Å². The lowest BCUT2D eigenvalue weighted by Gasteiger charge is -2.43. The zero-order valence-corrected chi connectivity index (χ0v) is 15.5. The van der Waals surface area contributed by atoms with Gasteiger partial charge in [0.15, 0.2) is 0 Å². The minimum Gasteiger partial charge on any atom is -0.350 e. The summed E-state index contributed by atoms with van der Waals surface area (Å²) in [5.74, 6) is -0.296. The maximum atomic E-state index is 13.0. The molecule has 2 heterocycles. The molecule has 1 aliphatic carbocycles. The van der Waals surface area contributed by atoms with Crippen molar-refractivity contribution in [2.24, 2.45) is 11.3 Å². The lowest BCUT2D eigenvalue weighted by molar-refractivity contribution is -0.137. The number of carbonyl (C=O) groups is 3. The molecule has 3 rings (SSSR count). The molecule has 2 aliphatic rings. The van der Waals surface area contributed by atoms with Gasteiger partial charge in [-0.1, -0.05) is 20.8 Å². The summed E-state index contributed by atoms with van der Waals surface area (Å²) in [5.41, 5.74) is 0.00833. The highest BCUT2D eigenvalue weighted by molar-refractivity contribution is 6.09. The second-order valence-corrected chi connectivity index (χ2v) is 8.39. The van der Waals surface area contributed by atoms with Gasteiger partial charge in [0.05, 0.1) is 0 Å². The molecule has 1 aliphatic heterocycles. The highest BCUT2D eigenvalue weighted by Crippen LogP contribution is 2.46. The number of nitrogens with zero attached hydrogens (tertiary/aromatic N) is 2. The van der Waals surface area contributed by atoms with Gasteiger partial charge in [-0.25, -0.2) is 4.79 Å². The van der Waals surface area contributed by atoms with Gasteiger partial charge in [-0.3, -0.25) is 19.5 Å². The van der Waals surface area contributed by atoms with Crippen molar-refractivity contribution in [1.29, 1.82) is 0 Å². The van der Waals surface area contributed by atoms with Gasteiger partial charge in [0, 0.05) is 18.9 Å². The number of imide groups is 1. The molecule has 7 nitrogen and oxygen atoms in total. The Hall–Kier alpha value is -2.44. The van der Waals surface area contributed by atoms with Crippen LogP contribution in [0.2, 0.25) is 0 Å². The Kier molecular flexibility index (Phi) is 4.73. The second kappa shape index (κ2) is 6.70. The summed E-state index contributed by atoms with van der Waals surface area (Å²) < 4.78 is 0. The lowest BCUT2D eigenvalue weighted by atomic mass is 9.64. The first kappa shape index (κ1) is 18.4. The Bertz CT molecular complexity index is 719. The Balaban J connectivity index is 1.65. The van der Waals surface area contributed by atoms with Gasteiger partial charge in [0.2, 0.25) is 5.91 Å². The summed E-state index contributed by atoms with van der Waals surface area (Å²) >= 11 is 0. The molecule has 0 bridgehead atoms. The summed E-state index contributed by atoms with van der Waals surface area (Å²) in [6.07, 6.45) is 5.54. The van der Waals surface area contributed by atoms with E-state index < -0.39 is 11.6 Å². The van der Waals surface area contributed by atoms with E-state index in [0.29, 0.717) is 25.3 Å². The quantitative estimate of drug-likeness (QED) is 0.804. The number of amides is 4. The van der Waals surface area contributed by atoms with E-state index in [1.54, 1.807) is 24.5 Å². The molecule has 1 saturated carbocycles. The molecule has 7 heteroatoms. The van der Waals surface area contributed by atoms with Gasteiger partial charge in [0.25, 0.3) is 5.91 Å². The Morgan fingerprint density at radius 3 is 2.65 bits per heavy atom. The minimum atomic E-state index is -0.871. The predicted molar refractivity (Wildman–Crippen MR) is 95.9 cm³/mol. The van der Waals surface area contributed by atoms with E-state index in [1.807, 2.05) is 0 Å². The summed E-state index contributed by atoms with van der Waals surface area (Å²) in [4.78, 5) is 42.6. The van der Waals surface area contributed by atoms with Crippen LogP contribution in [0.15, 0.2) is 24.5 Å². The third kappa shape index (κ3) is 3.71. The number of aromatic nitrogens is 1. The topological polar surface area (TPSA) is 91.4 Å². The Labute approximate surface area is 153 Å². The molecule has 1 aromatic rings. The highest BCUT2D eigenvalue weighted by Gasteiger charge is 2.56. The Morgan fingerprint density at radius 1 is 1.31 bits per heavy atom. The van der Waals surface area contributed by atoms with Crippen molar-refractivity contribution in [2.45, 2.75) is 52.1 Å². The number of pyridine rings is 1. The zero-order valence-electron chi connectivity index (χ0n) is 15.5. The number of nitrogens with one attached hydrogen (secondary N) is 2. The average molecular weight is 358 g/mol. The standard InChI is InChI=1S/C19H26N4O3/c1-13-8-18(2,3)12-19(9-13)16(25)23(17(26)22-19)11-15(24)21-10-14-4-6-20-7-5-14/h4-7,13H,8-12H2,1-3H3,(H,21,24)(H,22,26)/t13-,19-/m1/s1. The van der Waals surface area contributed by atoms with Gasteiger partial charge < -0.3 is 10.6 Å². The van der Waals surface area contributed by atoms with Crippen LogP contribution in [0, 0.1) is 11.3 Å². The van der Waals surface area contributed by atoms with Crippen molar-refractivity contribution in [1.82, 2.24) is 20.5 Å². The van der Waals surface area contributed by atoms with Crippen molar-refractivity contribution in [3.05, 3.63) is 30.1 Å². The summed E-state index contributed by atoms with van der Waals surface area (Å²) in [6.45, 7) is 6.42. The molecular formula is C19H26N4O3. The third-order valence-corrected chi connectivity index (χ3v) is 5.16. The fourth-order valence-electron chi connectivity index (χ4n) is 4.55. The SMILES string of the molecule is C[C@@H]1CC(C)(C)C[C@@]2(C1)NC(=O)N(CC(=O)NCc1ccncc1)C2=O. The van der Waals surface area contributed by atoms with E-state index in [2.05, 4.69) is 36.4 Å². The monoisotopic (exact) mass is 358 g/mol. The average Bonchev–Trinajstić information content (AvgIpc) is 2.75. The molecule has 4 amide bonds. The smallest absolute Gasteiger partial charge is 0.325 e. The second-order valence-electron chi connectivity index (χ2n) is 8.39. The fraction of sp³-hybridized carbons (Fsp3) is 0.579. The van der Waals surface area contributed by atoms with Crippen molar-refractivity contribution in [3.8, 4) is 0 Å². The molecule has 2 N–H and O–H groups in total. The molecule has 26 heavy (non-hydrogen) atoms. The maximum absolute atomic E-state index is 13.0.